The highest BCUT2D eigenvalue weighted by molar-refractivity contribution is 7.91. The molecule has 1 aromatic heterocycles. The first-order valence-corrected chi connectivity index (χ1v) is 10.9. The van der Waals surface area contributed by atoms with Crippen molar-refractivity contribution in [1.29, 1.82) is 0 Å². The molecule has 2 heterocycles. The van der Waals surface area contributed by atoms with Gasteiger partial charge in [0.25, 0.3) is 5.91 Å². The van der Waals surface area contributed by atoms with Gasteiger partial charge >= 0.3 is 0 Å². The first kappa shape index (κ1) is 19.8. The molecule has 0 radical (unpaired) electrons. The molecule has 2 atom stereocenters. The van der Waals surface area contributed by atoms with Crippen molar-refractivity contribution in [1.82, 2.24) is 4.90 Å². The number of hydrogen-bond acceptors (Lipinski definition) is 5. The minimum Gasteiger partial charge on any atom is -0.479 e. The molecular formula is C19H22ClNO5S. The normalized spacial score (nSPS) is 19.6. The fourth-order valence-corrected chi connectivity index (χ4v) is 5.07. The quantitative estimate of drug-likeness (QED) is 0.729. The Hall–Kier alpha value is -1.99. The lowest BCUT2D eigenvalue weighted by Gasteiger charge is -2.30. The van der Waals surface area contributed by atoms with Crippen LogP contribution in [-0.2, 0) is 21.2 Å². The molecule has 0 spiro atoms. The SMILES string of the molecule is Cc1ccc(CN(C(=O)[C@H](C)Oc2ccccc2Cl)[C@H]2CCS(=O)(=O)C2)o1. The van der Waals surface area contributed by atoms with E-state index in [0.717, 1.165) is 5.76 Å². The van der Waals surface area contributed by atoms with E-state index in [2.05, 4.69) is 0 Å². The van der Waals surface area contributed by atoms with Crippen LogP contribution in [0.4, 0.5) is 0 Å². The number of benzene rings is 1. The summed E-state index contributed by atoms with van der Waals surface area (Å²) in [4.78, 5) is 14.6. The number of para-hydroxylation sites is 1. The Morgan fingerprint density at radius 3 is 2.67 bits per heavy atom. The molecule has 0 N–H and O–H groups in total. The highest BCUT2D eigenvalue weighted by Gasteiger charge is 2.37. The van der Waals surface area contributed by atoms with Crippen LogP contribution < -0.4 is 4.74 Å². The molecule has 0 bridgehead atoms. The molecule has 6 nitrogen and oxygen atoms in total. The summed E-state index contributed by atoms with van der Waals surface area (Å²) in [5.41, 5.74) is 0. The van der Waals surface area contributed by atoms with Gasteiger partial charge < -0.3 is 14.1 Å². The van der Waals surface area contributed by atoms with Crippen molar-refractivity contribution in [2.75, 3.05) is 11.5 Å². The standard InChI is InChI=1S/C19H22ClNO5S/c1-13-7-8-16(25-13)11-21(15-9-10-27(23,24)12-15)19(22)14(2)26-18-6-4-3-5-17(18)20/h3-8,14-15H,9-12H2,1-2H3/t14-,15-/m0/s1. The number of sulfone groups is 1. The Morgan fingerprint density at radius 2 is 2.07 bits per heavy atom. The van der Waals surface area contributed by atoms with Crippen molar-refractivity contribution >= 4 is 27.3 Å². The van der Waals surface area contributed by atoms with Crippen LogP contribution in [-0.4, -0.2) is 42.9 Å². The molecule has 2 aromatic rings. The maximum Gasteiger partial charge on any atom is 0.264 e. The number of hydrogen-bond donors (Lipinski definition) is 0. The molecule has 0 saturated carbocycles. The van der Waals surface area contributed by atoms with Gasteiger partial charge in [-0.05, 0) is 44.5 Å². The largest absolute Gasteiger partial charge is 0.479 e. The maximum atomic E-state index is 13.1. The molecule has 8 heteroatoms. The predicted octanol–water partition coefficient (Wildman–Crippen LogP) is 3.22. The Bertz CT molecular complexity index is 924. The summed E-state index contributed by atoms with van der Waals surface area (Å²) in [7, 11) is -3.14. The van der Waals surface area contributed by atoms with Gasteiger partial charge in [0.15, 0.2) is 15.9 Å². The second-order valence-electron chi connectivity index (χ2n) is 6.73. The summed E-state index contributed by atoms with van der Waals surface area (Å²) in [5, 5.41) is 0.411. The van der Waals surface area contributed by atoms with Gasteiger partial charge in [0.2, 0.25) is 0 Å². The molecule has 1 saturated heterocycles. The molecule has 1 amide bonds. The first-order valence-electron chi connectivity index (χ1n) is 8.72. The van der Waals surface area contributed by atoms with Crippen LogP contribution >= 0.6 is 11.6 Å². The van der Waals surface area contributed by atoms with Crippen LogP contribution in [0.15, 0.2) is 40.8 Å². The van der Waals surface area contributed by atoms with Gasteiger partial charge in [-0.3, -0.25) is 4.79 Å². The van der Waals surface area contributed by atoms with Crippen LogP contribution in [0.5, 0.6) is 5.75 Å². The van der Waals surface area contributed by atoms with Gasteiger partial charge in [-0.25, -0.2) is 8.42 Å². The second kappa shape index (κ2) is 7.94. The van der Waals surface area contributed by atoms with Gasteiger partial charge in [0, 0.05) is 6.04 Å². The number of amides is 1. The minimum atomic E-state index is -3.14. The summed E-state index contributed by atoms with van der Waals surface area (Å²) in [5.74, 6) is 1.49. The number of rotatable bonds is 6. The summed E-state index contributed by atoms with van der Waals surface area (Å²) in [6.07, 6.45) is -0.406. The van der Waals surface area contributed by atoms with Crippen molar-refractivity contribution in [3.05, 3.63) is 52.9 Å². The zero-order valence-electron chi connectivity index (χ0n) is 15.2. The molecule has 1 aliphatic heterocycles. The number of furan rings is 1. The fraction of sp³-hybridized carbons (Fsp3) is 0.421. The average Bonchev–Trinajstić information content (AvgIpc) is 3.19. The van der Waals surface area contributed by atoms with Gasteiger partial charge in [-0.2, -0.15) is 0 Å². The zero-order chi connectivity index (χ0) is 19.6. The Labute approximate surface area is 164 Å². The minimum absolute atomic E-state index is 0.0444. The van der Waals surface area contributed by atoms with E-state index in [4.69, 9.17) is 20.8 Å². The third-order valence-corrected chi connectivity index (χ3v) is 6.61. The van der Waals surface area contributed by atoms with Crippen LogP contribution in [0.25, 0.3) is 0 Å². The molecule has 0 unspecified atom stereocenters. The van der Waals surface area contributed by atoms with E-state index < -0.39 is 22.0 Å². The number of ether oxygens (including phenoxy) is 1. The van der Waals surface area contributed by atoms with Crippen molar-refractivity contribution in [3.63, 3.8) is 0 Å². The summed E-state index contributed by atoms with van der Waals surface area (Å²) in [6.45, 7) is 3.65. The lowest BCUT2D eigenvalue weighted by atomic mass is 10.2. The van der Waals surface area contributed by atoms with E-state index in [1.165, 1.54) is 0 Å². The highest BCUT2D eigenvalue weighted by Crippen LogP contribution is 2.26. The Kier molecular flexibility index (Phi) is 5.81. The van der Waals surface area contributed by atoms with Gasteiger partial charge in [0.1, 0.15) is 17.3 Å². The van der Waals surface area contributed by atoms with E-state index in [1.54, 1.807) is 42.2 Å². The molecule has 146 valence electrons. The van der Waals surface area contributed by atoms with E-state index in [0.29, 0.717) is 23.0 Å². The van der Waals surface area contributed by atoms with Gasteiger partial charge in [0.05, 0.1) is 23.1 Å². The highest BCUT2D eigenvalue weighted by atomic mass is 35.5. The number of carbonyl (C=O) groups is 1. The fourth-order valence-electron chi connectivity index (χ4n) is 3.16. The molecule has 1 aliphatic rings. The molecule has 1 fully saturated rings. The van der Waals surface area contributed by atoms with Crippen molar-refractivity contribution in [2.24, 2.45) is 0 Å². The molecule has 27 heavy (non-hydrogen) atoms. The molecule has 1 aromatic carbocycles. The van der Waals surface area contributed by atoms with Crippen LogP contribution in [0.1, 0.15) is 24.9 Å². The number of carbonyl (C=O) groups excluding carboxylic acids is 1. The van der Waals surface area contributed by atoms with Gasteiger partial charge in [-0.1, -0.05) is 23.7 Å². The molecular weight excluding hydrogens is 390 g/mol. The smallest absolute Gasteiger partial charge is 0.264 e. The first-order chi connectivity index (χ1) is 12.7. The third kappa shape index (κ3) is 4.84. The summed E-state index contributed by atoms with van der Waals surface area (Å²) < 4.78 is 35.2. The van der Waals surface area contributed by atoms with Crippen LogP contribution in [0.3, 0.4) is 0 Å². The molecule has 3 rings (SSSR count). The summed E-state index contributed by atoms with van der Waals surface area (Å²) in [6, 6.07) is 10.1. The van der Waals surface area contributed by atoms with E-state index >= 15 is 0 Å². The topological polar surface area (TPSA) is 76.8 Å². The van der Waals surface area contributed by atoms with Crippen LogP contribution in [0.2, 0.25) is 5.02 Å². The van der Waals surface area contributed by atoms with Gasteiger partial charge in [-0.15, -0.1) is 0 Å². The third-order valence-electron chi connectivity index (χ3n) is 4.54. The average molecular weight is 412 g/mol. The van der Waals surface area contributed by atoms with Crippen molar-refractivity contribution < 1.29 is 22.4 Å². The summed E-state index contributed by atoms with van der Waals surface area (Å²) >= 11 is 6.11. The lowest BCUT2D eigenvalue weighted by molar-refractivity contribution is -0.140. The number of halogens is 1. The number of aryl methyl sites for hydroxylation is 1. The zero-order valence-corrected chi connectivity index (χ0v) is 16.8. The van der Waals surface area contributed by atoms with E-state index in [1.807, 2.05) is 13.0 Å². The predicted molar refractivity (Wildman–Crippen MR) is 103 cm³/mol. The Balaban J connectivity index is 1.80. The van der Waals surface area contributed by atoms with E-state index in [9.17, 15) is 13.2 Å². The van der Waals surface area contributed by atoms with E-state index in [-0.39, 0.29) is 24.0 Å². The maximum absolute atomic E-state index is 13.1. The molecule has 0 aliphatic carbocycles. The monoisotopic (exact) mass is 411 g/mol. The van der Waals surface area contributed by atoms with Crippen molar-refractivity contribution in [3.8, 4) is 5.75 Å². The second-order valence-corrected chi connectivity index (χ2v) is 9.36. The lowest BCUT2D eigenvalue weighted by Crippen LogP contribution is -2.46. The number of nitrogens with zero attached hydrogens (tertiary/aromatic N) is 1. The van der Waals surface area contributed by atoms with Crippen molar-refractivity contribution in [2.45, 2.75) is 39.0 Å². The van der Waals surface area contributed by atoms with Crippen LogP contribution in [0, 0.1) is 6.92 Å². The Morgan fingerprint density at radius 1 is 1.33 bits per heavy atom.